The van der Waals surface area contributed by atoms with Crippen LogP contribution < -0.4 is 10.1 Å². The molecule has 4 heteroatoms. The summed E-state index contributed by atoms with van der Waals surface area (Å²) in [7, 11) is 4.02. The SMILES string of the molecule is CN(C)C(CNC(=O)COc1ccc2ccccc2c1)c1ccccc1. The average Bonchev–Trinajstić information content (AvgIpc) is 2.67. The Morgan fingerprint density at radius 1 is 0.962 bits per heavy atom. The van der Waals surface area contributed by atoms with Gasteiger partial charge in [0, 0.05) is 6.54 Å². The van der Waals surface area contributed by atoms with Crippen molar-refractivity contribution in [2.75, 3.05) is 27.2 Å². The summed E-state index contributed by atoms with van der Waals surface area (Å²) in [4.78, 5) is 14.3. The van der Waals surface area contributed by atoms with Crippen LogP contribution in [0.3, 0.4) is 0 Å². The van der Waals surface area contributed by atoms with E-state index in [1.54, 1.807) is 0 Å². The van der Waals surface area contributed by atoms with Crippen molar-refractivity contribution in [3.63, 3.8) is 0 Å². The van der Waals surface area contributed by atoms with Crippen LogP contribution in [0.15, 0.2) is 72.8 Å². The van der Waals surface area contributed by atoms with Crippen LogP contribution in [-0.2, 0) is 4.79 Å². The molecule has 0 fully saturated rings. The standard InChI is InChI=1S/C22H24N2O2/c1-24(2)21(18-9-4-3-5-10-18)15-23-22(25)16-26-20-13-12-17-8-6-7-11-19(17)14-20/h3-14,21H,15-16H2,1-2H3,(H,23,25). The minimum atomic E-state index is -0.124. The van der Waals surface area contributed by atoms with Gasteiger partial charge in [0.15, 0.2) is 6.61 Å². The molecule has 3 rings (SSSR count). The molecule has 0 radical (unpaired) electrons. The van der Waals surface area contributed by atoms with Crippen LogP contribution in [0.5, 0.6) is 5.75 Å². The molecule has 0 saturated heterocycles. The third-order valence-corrected chi connectivity index (χ3v) is 4.39. The van der Waals surface area contributed by atoms with Gasteiger partial charge in [-0.1, -0.05) is 60.7 Å². The molecule has 0 aromatic heterocycles. The lowest BCUT2D eigenvalue weighted by molar-refractivity contribution is -0.123. The Morgan fingerprint density at radius 3 is 2.38 bits per heavy atom. The lowest BCUT2D eigenvalue weighted by Crippen LogP contribution is -2.36. The molecular weight excluding hydrogens is 324 g/mol. The van der Waals surface area contributed by atoms with E-state index in [4.69, 9.17) is 4.74 Å². The highest BCUT2D eigenvalue weighted by Gasteiger charge is 2.15. The van der Waals surface area contributed by atoms with Gasteiger partial charge in [-0.05, 0) is 42.6 Å². The van der Waals surface area contributed by atoms with E-state index in [0.29, 0.717) is 12.3 Å². The highest BCUT2D eigenvalue weighted by atomic mass is 16.5. The van der Waals surface area contributed by atoms with E-state index in [-0.39, 0.29) is 18.6 Å². The number of amides is 1. The van der Waals surface area contributed by atoms with Crippen LogP contribution in [0, 0.1) is 0 Å². The van der Waals surface area contributed by atoms with E-state index in [9.17, 15) is 4.79 Å². The molecule has 0 heterocycles. The predicted molar refractivity (Wildman–Crippen MR) is 105 cm³/mol. The number of fused-ring (bicyclic) bond motifs is 1. The van der Waals surface area contributed by atoms with E-state index in [1.165, 1.54) is 5.56 Å². The number of nitrogens with one attached hydrogen (secondary N) is 1. The number of hydrogen-bond acceptors (Lipinski definition) is 3. The van der Waals surface area contributed by atoms with E-state index in [2.05, 4.69) is 28.4 Å². The van der Waals surface area contributed by atoms with Crippen molar-refractivity contribution in [3.8, 4) is 5.75 Å². The molecule has 0 bridgehead atoms. The monoisotopic (exact) mass is 348 g/mol. The lowest BCUT2D eigenvalue weighted by Gasteiger charge is -2.25. The summed E-state index contributed by atoms with van der Waals surface area (Å²) >= 11 is 0. The number of benzene rings is 3. The summed E-state index contributed by atoms with van der Waals surface area (Å²) in [5.74, 6) is 0.576. The molecule has 3 aromatic carbocycles. The third kappa shape index (κ3) is 4.61. The summed E-state index contributed by atoms with van der Waals surface area (Å²) < 4.78 is 5.65. The van der Waals surface area contributed by atoms with Gasteiger partial charge in [-0.2, -0.15) is 0 Å². The molecule has 0 spiro atoms. The number of nitrogens with zero attached hydrogens (tertiary/aromatic N) is 1. The molecule has 1 atom stereocenters. The van der Waals surface area contributed by atoms with Crippen LogP contribution in [0.2, 0.25) is 0 Å². The minimum absolute atomic E-state index is 0.00722. The Bertz CT molecular complexity index is 862. The van der Waals surface area contributed by atoms with E-state index in [0.717, 1.165) is 10.8 Å². The molecule has 1 N–H and O–H groups in total. The lowest BCUT2D eigenvalue weighted by atomic mass is 10.1. The van der Waals surface area contributed by atoms with Gasteiger partial charge in [-0.15, -0.1) is 0 Å². The summed E-state index contributed by atoms with van der Waals surface area (Å²) in [5, 5.41) is 5.22. The fraction of sp³-hybridized carbons (Fsp3) is 0.227. The van der Waals surface area contributed by atoms with Gasteiger partial charge in [0.1, 0.15) is 5.75 Å². The summed E-state index contributed by atoms with van der Waals surface area (Å²) in [6.07, 6.45) is 0. The molecule has 0 aliphatic carbocycles. The number of likely N-dealkylation sites (N-methyl/N-ethyl adjacent to an activating group) is 1. The average molecular weight is 348 g/mol. The van der Waals surface area contributed by atoms with Gasteiger partial charge in [0.2, 0.25) is 0 Å². The van der Waals surface area contributed by atoms with Crippen molar-refractivity contribution in [3.05, 3.63) is 78.4 Å². The molecule has 0 aliphatic rings. The summed E-state index contributed by atoms with van der Waals surface area (Å²) in [6.45, 7) is 0.546. The van der Waals surface area contributed by atoms with Gasteiger partial charge in [0.25, 0.3) is 5.91 Å². The highest BCUT2D eigenvalue weighted by molar-refractivity contribution is 5.84. The van der Waals surface area contributed by atoms with Crippen LogP contribution in [0.25, 0.3) is 10.8 Å². The first kappa shape index (κ1) is 18.0. The van der Waals surface area contributed by atoms with Gasteiger partial charge in [-0.3, -0.25) is 4.79 Å². The Hall–Kier alpha value is -2.85. The first-order chi connectivity index (χ1) is 12.6. The van der Waals surface area contributed by atoms with Crippen molar-refractivity contribution in [2.24, 2.45) is 0 Å². The van der Waals surface area contributed by atoms with Crippen molar-refractivity contribution in [2.45, 2.75) is 6.04 Å². The van der Waals surface area contributed by atoms with Gasteiger partial charge in [0.05, 0.1) is 6.04 Å². The highest BCUT2D eigenvalue weighted by Crippen LogP contribution is 2.20. The molecule has 3 aromatic rings. The predicted octanol–water partition coefficient (Wildman–Crippen LogP) is 3.64. The zero-order chi connectivity index (χ0) is 18.4. The Balaban J connectivity index is 1.54. The van der Waals surface area contributed by atoms with Crippen LogP contribution >= 0.6 is 0 Å². The largest absolute Gasteiger partial charge is 0.484 e. The maximum absolute atomic E-state index is 12.2. The molecule has 26 heavy (non-hydrogen) atoms. The normalized spacial score (nSPS) is 12.1. The van der Waals surface area contributed by atoms with Crippen molar-refractivity contribution >= 4 is 16.7 Å². The molecule has 1 amide bonds. The topological polar surface area (TPSA) is 41.6 Å². The number of rotatable bonds is 7. The van der Waals surface area contributed by atoms with E-state index >= 15 is 0 Å². The fourth-order valence-electron chi connectivity index (χ4n) is 2.94. The van der Waals surface area contributed by atoms with Gasteiger partial charge in [-0.25, -0.2) is 0 Å². The smallest absolute Gasteiger partial charge is 0.258 e. The second-order valence-electron chi connectivity index (χ2n) is 6.49. The summed E-state index contributed by atoms with van der Waals surface area (Å²) in [5.41, 5.74) is 1.17. The molecule has 4 nitrogen and oxygen atoms in total. The zero-order valence-corrected chi connectivity index (χ0v) is 15.2. The molecular formula is C22H24N2O2. The van der Waals surface area contributed by atoms with Gasteiger partial charge < -0.3 is 15.0 Å². The Kier molecular flexibility index (Phi) is 5.87. The van der Waals surface area contributed by atoms with Gasteiger partial charge >= 0.3 is 0 Å². The number of carbonyl (C=O) groups is 1. The maximum Gasteiger partial charge on any atom is 0.258 e. The van der Waals surface area contributed by atoms with E-state index in [1.807, 2.05) is 68.7 Å². The molecule has 0 saturated carbocycles. The number of hydrogen-bond donors (Lipinski definition) is 1. The van der Waals surface area contributed by atoms with E-state index < -0.39 is 0 Å². The first-order valence-corrected chi connectivity index (χ1v) is 8.73. The quantitative estimate of drug-likeness (QED) is 0.709. The number of ether oxygens (including phenoxy) is 1. The minimum Gasteiger partial charge on any atom is -0.484 e. The van der Waals surface area contributed by atoms with Crippen LogP contribution in [0.4, 0.5) is 0 Å². The third-order valence-electron chi connectivity index (χ3n) is 4.39. The van der Waals surface area contributed by atoms with Crippen molar-refractivity contribution < 1.29 is 9.53 Å². The summed E-state index contributed by atoms with van der Waals surface area (Å²) in [6, 6.07) is 24.2. The van der Waals surface area contributed by atoms with Crippen LogP contribution in [-0.4, -0.2) is 38.1 Å². The van der Waals surface area contributed by atoms with Crippen molar-refractivity contribution in [1.82, 2.24) is 10.2 Å². The van der Waals surface area contributed by atoms with Crippen LogP contribution in [0.1, 0.15) is 11.6 Å². The molecule has 134 valence electrons. The second kappa shape index (κ2) is 8.50. The zero-order valence-electron chi connectivity index (χ0n) is 15.2. The fourth-order valence-corrected chi connectivity index (χ4v) is 2.94. The second-order valence-corrected chi connectivity index (χ2v) is 6.49. The number of carbonyl (C=O) groups excluding carboxylic acids is 1. The molecule has 1 unspecified atom stereocenters. The Labute approximate surface area is 154 Å². The maximum atomic E-state index is 12.2. The van der Waals surface area contributed by atoms with Crippen molar-refractivity contribution in [1.29, 1.82) is 0 Å². The Morgan fingerprint density at radius 2 is 1.65 bits per heavy atom. The first-order valence-electron chi connectivity index (χ1n) is 8.73. The molecule has 0 aliphatic heterocycles.